The van der Waals surface area contributed by atoms with Crippen molar-refractivity contribution in [2.45, 2.75) is 123 Å². The number of benzene rings is 6. The molecule has 6 aromatic carbocycles. The van der Waals surface area contributed by atoms with Gasteiger partial charge in [0.15, 0.2) is 0 Å². The molecule has 0 bridgehead atoms. The number of nitrogens with zero attached hydrogens (tertiary/aromatic N) is 2. The molecule has 9 rings (SSSR count). The molecule has 2 heterocycles. The third kappa shape index (κ3) is 7.22. The lowest BCUT2D eigenvalue weighted by Crippen LogP contribution is -2.44. The van der Waals surface area contributed by atoms with Crippen molar-refractivity contribution in [3.8, 4) is 22.3 Å². The first kappa shape index (κ1) is 42.2. The fraction of sp³-hybridized carbons (Fsp3) is 0.333. The Balaban J connectivity index is 1.27. The number of rotatable bonds is 17. The Morgan fingerprint density at radius 1 is 0.429 bits per heavy atom. The molecule has 63 heavy (non-hydrogen) atoms. The largest absolute Gasteiger partial charge is 0.268 e. The Bertz CT molecular complexity index is 2750. The number of fused-ring (bicyclic) bond motifs is 3. The summed E-state index contributed by atoms with van der Waals surface area (Å²) >= 11 is 0. The van der Waals surface area contributed by atoms with Crippen LogP contribution in [0, 0.1) is 13.8 Å². The first-order valence-electron chi connectivity index (χ1n) is 23.5. The molecule has 0 fully saturated rings. The van der Waals surface area contributed by atoms with Gasteiger partial charge in [-0.25, -0.2) is 9.80 Å². The summed E-state index contributed by atoms with van der Waals surface area (Å²) < 4.78 is 0. The second-order valence-corrected chi connectivity index (χ2v) is 18.2. The van der Waals surface area contributed by atoms with Gasteiger partial charge in [-0.1, -0.05) is 163 Å². The molecule has 320 valence electrons. The van der Waals surface area contributed by atoms with Crippen molar-refractivity contribution in [3.63, 3.8) is 0 Å². The van der Waals surface area contributed by atoms with Crippen LogP contribution in [0.2, 0.25) is 0 Å². The molecular formula is C57H58N2O4. The molecule has 4 amide bonds. The standard InChI is InChI=1S/C57H58N2O4/c1-5-7-9-11-13-21-31-57(32-22-14-12-10-8-6-2)47-33-37(3)27-29-42(47)43-30-28-39(35-48(43)57)44-36-46-50-49(55(62)58(54(46)61)40-23-17-15-18-24-40)38(4)34-45-51(50)52(44)56(63)59(53(45)60)41-25-19-16-20-26-41/h15-20,23-30,33-36H,5-14,21-22,31-32H2,1-4H3. The van der Waals surface area contributed by atoms with Gasteiger partial charge < -0.3 is 0 Å². The van der Waals surface area contributed by atoms with Crippen LogP contribution in [0.15, 0.2) is 109 Å². The smallest absolute Gasteiger partial charge is 0.266 e. The first-order valence-corrected chi connectivity index (χ1v) is 23.5. The molecule has 6 aromatic rings. The molecular weight excluding hydrogens is 777 g/mol. The average Bonchev–Trinajstić information content (AvgIpc) is 3.55. The topological polar surface area (TPSA) is 74.8 Å². The predicted octanol–water partition coefficient (Wildman–Crippen LogP) is 14.5. The minimum atomic E-state index is -0.474. The highest BCUT2D eigenvalue weighted by Gasteiger charge is 2.45. The molecule has 3 aliphatic rings. The Kier molecular flexibility index (Phi) is 11.8. The number of para-hydroxylation sites is 2. The highest BCUT2D eigenvalue weighted by Crippen LogP contribution is 2.56. The third-order valence-electron chi connectivity index (χ3n) is 14.1. The fourth-order valence-corrected chi connectivity index (χ4v) is 11.0. The minimum absolute atomic E-state index is 0.220. The number of imide groups is 2. The first-order chi connectivity index (χ1) is 30.7. The molecule has 0 atom stereocenters. The third-order valence-corrected chi connectivity index (χ3v) is 14.1. The Morgan fingerprint density at radius 3 is 1.48 bits per heavy atom. The van der Waals surface area contributed by atoms with E-state index in [1.165, 1.54) is 102 Å². The van der Waals surface area contributed by atoms with E-state index in [2.05, 4.69) is 57.2 Å². The van der Waals surface area contributed by atoms with Crippen molar-refractivity contribution in [3.05, 3.63) is 154 Å². The number of anilines is 2. The SMILES string of the molecule is CCCCCCCCC1(CCCCCCCC)c2cc(C)ccc2-c2ccc(-c3cc4c5c(c(C)cc6c5c3C(=O)N(c3ccccc3)C6=O)C(=O)N(c3ccccc3)C4=O)cc21. The maximum atomic E-state index is 15.3. The lowest BCUT2D eigenvalue weighted by atomic mass is 9.70. The fourth-order valence-electron chi connectivity index (χ4n) is 11.0. The van der Waals surface area contributed by atoms with E-state index in [-0.39, 0.29) is 5.41 Å². The zero-order valence-corrected chi connectivity index (χ0v) is 37.3. The molecule has 6 nitrogen and oxygen atoms in total. The molecule has 6 heteroatoms. The number of hydrogen-bond acceptors (Lipinski definition) is 4. The molecule has 1 aliphatic carbocycles. The quantitative estimate of drug-likeness (QED) is 0.0677. The maximum Gasteiger partial charge on any atom is 0.266 e. The summed E-state index contributed by atoms with van der Waals surface area (Å²) in [5.74, 6) is -1.88. The number of carbonyl (C=O) groups excluding carboxylic acids is 4. The number of carbonyl (C=O) groups is 4. The average molecular weight is 835 g/mol. The van der Waals surface area contributed by atoms with Crippen LogP contribution in [0.5, 0.6) is 0 Å². The van der Waals surface area contributed by atoms with Gasteiger partial charge in [-0.15, -0.1) is 0 Å². The number of hydrogen-bond donors (Lipinski definition) is 0. The molecule has 0 saturated heterocycles. The lowest BCUT2D eigenvalue weighted by molar-refractivity contribution is 0.0873. The van der Waals surface area contributed by atoms with Gasteiger partial charge in [-0.3, -0.25) is 19.2 Å². The van der Waals surface area contributed by atoms with E-state index in [0.717, 1.165) is 31.2 Å². The highest BCUT2D eigenvalue weighted by molar-refractivity contribution is 6.43. The van der Waals surface area contributed by atoms with Gasteiger partial charge in [0.1, 0.15) is 0 Å². The van der Waals surface area contributed by atoms with Crippen molar-refractivity contribution in [2.75, 3.05) is 9.80 Å². The monoisotopic (exact) mass is 834 g/mol. The van der Waals surface area contributed by atoms with Crippen LogP contribution < -0.4 is 9.80 Å². The van der Waals surface area contributed by atoms with Gasteiger partial charge in [-0.2, -0.15) is 0 Å². The van der Waals surface area contributed by atoms with Gasteiger partial charge in [0, 0.05) is 27.3 Å². The van der Waals surface area contributed by atoms with Crippen molar-refractivity contribution in [2.24, 2.45) is 0 Å². The van der Waals surface area contributed by atoms with Gasteiger partial charge in [0.05, 0.1) is 22.5 Å². The summed E-state index contributed by atoms with van der Waals surface area (Å²) in [5, 5.41) is 0.759. The van der Waals surface area contributed by atoms with Gasteiger partial charge in [0.2, 0.25) is 0 Å². The van der Waals surface area contributed by atoms with Crippen LogP contribution in [0.25, 0.3) is 33.0 Å². The predicted molar refractivity (Wildman–Crippen MR) is 256 cm³/mol. The lowest BCUT2D eigenvalue weighted by Gasteiger charge is -2.35. The summed E-state index contributed by atoms with van der Waals surface area (Å²) in [6.07, 6.45) is 16.6. The van der Waals surface area contributed by atoms with Gasteiger partial charge in [0.25, 0.3) is 23.6 Å². The normalized spacial score (nSPS) is 14.8. The van der Waals surface area contributed by atoms with E-state index >= 15 is 4.79 Å². The van der Waals surface area contributed by atoms with Crippen LogP contribution in [-0.4, -0.2) is 23.6 Å². The van der Waals surface area contributed by atoms with Crippen LogP contribution in [0.1, 0.15) is 167 Å². The van der Waals surface area contributed by atoms with Crippen molar-refractivity contribution in [1.29, 1.82) is 0 Å². The molecule has 0 aromatic heterocycles. The van der Waals surface area contributed by atoms with Crippen molar-refractivity contribution in [1.82, 2.24) is 0 Å². The van der Waals surface area contributed by atoms with Gasteiger partial charge >= 0.3 is 0 Å². The van der Waals surface area contributed by atoms with E-state index in [1.807, 2.05) is 49.4 Å². The Labute approximate surface area is 372 Å². The van der Waals surface area contributed by atoms with E-state index in [0.29, 0.717) is 55.5 Å². The van der Waals surface area contributed by atoms with Crippen molar-refractivity contribution < 1.29 is 19.2 Å². The Morgan fingerprint density at radius 2 is 0.905 bits per heavy atom. The molecule has 0 spiro atoms. The second-order valence-electron chi connectivity index (χ2n) is 18.2. The molecule has 0 saturated carbocycles. The summed E-state index contributed by atoms with van der Waals surface area (Å²) in [6, 6.07) is 35.2. The van der Waals surface area contributed by atoms with Crippen LogP contribution in [-0.2, 0) is 5.41 Å². The zero-order valence-electron chi connectivity index (χ0n) is 37.3. The van der Waals surface area contributed by atoms with Crippen LogP contribution in [0.4, 0.5) is 11.4 Å². The van der Waals surface area contributed by atoms with E-state index in [9.17, 15) is 14.4 Å². The van der Waals surface area contributed by atoms with Crippen LogP contribution >= 0.6 is 0 Å². The summed E-state index contributed by atoms with van der Waals surface area (Å²) in [5.41, 5.74) is 10.4. The number of amides is 4. The Hall–Kier alpha value is -6.14. The van der Waals surface area contributed by atoms with E-state index < -0.39 is 23.6 Å². The van der Waals surface area contributed by atoms with Crippen molar-refractivity contribution >= 4 is 45.8 Å². The molecule has 0 N–H and O–H groups in total. The number of unbranched alkanes of at least 4 members (excludes halogenated alkanes) is 10. The van der Waals surface area contributed by atoms with E-state index in [4.69, 9.17) is 0 Å². The second kappa shape index (κ2) is 17.6. The summed E-state index contributed by atoms with van der Waals surface area (Å²) in [4.78, 5) is 61.9. The summed E-state index contributed by atoms with van der Waals surface area (Å²) in [7, 11) is 0. The zero-order chi connectivity index (χ0) is 43.8. The minimum Gasteiger partial charge on any atom is -0.268 e. The summed E-state index contributed by atoms with van der Waals surface area (Å²) in [6.45, 7) is 8.53. The highest BCUT2D eigenvalue weighted by atomic mass is 16.2. The molecule has 0 radical (unpaired) electrons. The van der Waals surface area contributed by atoms with Crippen LogP contribution in [0.3, 0.4) is 0 Å². The maximum absolute atomic E-state index is 15.3. The van der Waals surface area contributed by atoms with Gasteiger partial charge in [-0.05, 0) is 108 Å². The van der Waals surface area contributed by atoms with E-state index in [1.54, 1.807) is 30.3 Å². The molecule has 0 unspecified atom stereocenters. The number of aryl methyl sites for hydroxylation is 2. The molecule has 2 aliphatic heterocycles.